The number of rotatable bonds is 4. The van der Waals surface area contributed by atoms with Crippen molar-refractivity contribution in [1.82, 2.24) is 0 Å². The van der Waals surface area contributed by atoms with Crippen molar-refractivity contribution < 1.29 is 32.6 Å². The highest BCUT2D eigenvalue weighted by Gasteiger charge is 2.62. The lowest BCUT2D eigenvalue weighted by Gasteiger charge is -2.38. The van der Waals surface area contributed by atoms with E-state index >= 15 is 0 Å². The Hall–Kier alpha value is -2.05. The van der Waals surface area contributed by atoms with Gasteiger partial charge in [-0.1, -0.05) is 18.8 Å². The SMILES string of the molecule is COC(=O)c1sc(C#CC2(C(F)(F)F)CC2)cc1N(C(=O)C1CCC(C)CC1)C1CCC(O)CC1. The van der Waals surface area contributed by atoms with Crippen LogP contribution in [0.4, 0.5) is 18.9 Å². The van der Waals surface area contributed by atoms with Gasteiger partial charge in [0.05, 0.1) is 23.8 Å². The Morgan fingerprint density at radius 3 is 2.29 bits per heavy atom. The molecule has 35 heavy (non-hydrogen) atoms. The van der Waals surface area contributed by atoms with Gasteiger partial charge in [-0.3, -0.25) is 4.79 Å². The Balaban J connectivity index is 1.71. The number of aliphatic hydroxyl groups excluding tert-OH is 1. The quantitative estimate of drug-likeness (QED) is 0.417. The van der Waals surface area contributed by atoms with Gasteiger partial charge in [-0.15, -0.1) is 11.3 Å². The number of carbonyl (C=O) groups excluding carboxylic acids is 2. The molecular weight excluding hydrogens is 479 g/mol. The van der Waals surface area contributed by atoms with E-state index in [1.165, 1.54) is 7.11 Å². The van der Waals surface area contributed by atoms with Crippen LogP contribution in [0.2, 0.25) is 0 Å². The van der Waals surface area contributed by atoms with Gasteiger partial charge in [-0.2, -0.15) is 13.2 Å². The topological polar surface area (TPSA) is 66.8 Å². The summed E-state index contributed by atoms with van der Waals surface area (Å²) in [7, 11) is 1.24. The van der Waals surface area contributed by atoms with Gasteiger partial charge in [0, 0.05) is 12.0 Å². The molecule has 1 N–H and O–H groups in total. The van der Waals surface area contributed by atoms with Crippen molar-refractivity contribution in [2.24, 2.45) is 17.3 Å². The number of hydrogen-bond donors (Lipinski definition) is 1. The molecule has 3 aliphatic carbocycles. The summed E-state index contributed by atoms with van der Waals surface area (Å²) in [4.78, 5) is 28.7. The summed E-state index contributed by atoms with van der Waals surface area (Å²) < 4.78 is 45.0. The van der Waals surface area contributed by atoms with Crippen LogP contribution < -0.4 is 4.90 Å². The summed E-state index contributed by atoms with van der Waals surface area (Å²) >= 11 is 0.970. The maximum absolute atomic E-state index is 13.8. The van der Waals surface area contributed by atoms with Crippen molar-refractivity contribution in [2.75, 3.05) is 12.0 Å². The third kappa shape index (κ3) is 5.54. The molecule has 0 radical (unpaired) electrons. The number of amides is 1. The maximum Gasteiger partial charge on any atom is 0.405 e. The van der Waals surface area contributed by atoms with E-state index in [-0.39, 0.29) is 35.6 Å². The molecule has 0 unspecified atom stereocenters. The van der Waals surface area contributed by atoms with Crippen LogP contribution in [-0.2, 0) is 9.53 Å². The predicted molar refractivity (Wildman–Crippen MR) is 127 cm³/mol. The fraction of sp³-hybridized carbons (Fsp3) is 0.692. The molecule has 3 aliphatic rings. The number of anilines is 1. The van der Waals surface area contributed by atoms with E-state index in [1.54, 1.807) is 11.0 Å². The van der Waals surface area contributed by atoms with Gasteiger partial charge < -0.3 is 14.7 Å². The van der Waals surface area contributed by atoms with Crippen LogP contribution in [-0.4, -0.2) is 42.4 Å². The summed E-state index contributed by atoms with van der Waals surface area (Å²) in [5.74, 6) is 4.74. The van der Waals surface area contributed by atoms with Crippen molar-refractivity contribution in [3.8, 4) is 11.8 Å². The number of thiophene rings is 1. The standard InChI is InChI=1S/C26H32F3NO4S/c1-16-3-5-17(6-4-16)23(32)30(18-7-9-19(31)10-8-18)21-15-20(35-22(21)24(33)34-2)11-12-25(13-14-25)26(27,28)29/h15-19,31H,3-10,13-14H2,1-2H3. The van der Waals surface area contributed by atoms with Gasteiger partial charge >= 0.3 is 12.1 Å². The minimum absolute atomic E-state index is 0.0271. The molecule has 5 nitrogen and oxygen atoms in total. The number of ether oxygens (including phenoxy) is 1. The highest BCUT2D eigenvalue weighted by molar-refractivity contribution is 7.15. The van der Waals surface area contributed by atoms with Crippen LogP contribution in [0.3, 0.4) is 0 Å². The monoisotopic (exact) mass is 511 g/mol. The zero-order chi connectivity index (χ0) is 25.4. The van der Waals surface area contributed by atoms with Gasteiger partial charge in [0.25, 0.3) is 0 Å². The van der Waals surface area contributed by atoms with E-state index in [2.05, 4.69) is 18.8 Å². The van der Waals surface area contributed by atoms with E-state index in [0.29, 0.717) is 42.2 Å². The number of esters is 1. The number of nitrogens with zero attached hydrogens (tertiary/aromatic N) is 1. The average Bonchev–Trinajstić information content (AvgIpc) is 3.53. The number of hydrogen-bond acceptors (Lipinski definition) is 5. The Morgan fingerprint density at radius 2 is 1.74 bits per heavy atom. The van der Waals surface area contributed by atoms with Crippen LogP contribution in [0, 0.1) is 29.1 Å². The minimum atomic E-state index is -4.39. The molecule has 4 rings (SSSR count). The van der Waals surface area contributed by atoms with Gasteiger partial charge in [0.1, 0.15) is 10.3 Å². The number of carbonyl (C=O) groups is 2. The van der Waals surface area contributed by atoms with E-state index in [9.17, 15) is 27.9 Å². The smallest absolute Gasteiger partial charge is 0.405 e. The number of methoxy groups -OCH3 is 1. The van der Waals surface area contributed by atoms with E-state index in [4.69, 9.17) is 4.74 Å². The first kappa shape index (κ1) is 26.0. The van der Waals surface area contributed by atoms with Gasteiger partial charge in [-0.25, -0.2) is 4.79 Å². The van der Waals surface area contributed by atoms with Crippen LogP contribution in [0.1, 0.15) is 85.7 Å². The van der Waals surface area contributed by atoms with Gasteiger partial charge in [0.15, 0.2) is 0 Å². The summed E-state index contributed by atoms with van der Waals surface area (Å²) in [5.41, 5.74) is -1.61. The fourth-order valence-electron chi connectivity index (χ4n) is 5.16. The van der Waals surface area contributed by atoms with Crippen LogP contribution in [0.5, 0.6) is 0 Å². The molecule has 1 aromatic rings. The Morgan fingerprint density at radius 1 is 1.11 bits per heavy atom. The Bertz CT molecular complexity index is 1000. The second kappa shape index (κ2) is 10.1. The first-order valence-electron chi connectivity index (χ1n) is 12.4. The molecule has 3 saturated carbocycles. The molecular formula is C26H32F3NO4S. The van der Waals surface area contributed by atoms with Crippen molar-refractivity contribution >= 4 is 28.9 Å². The highest BCUT2D eigenvalue weighted by Crippen LogP contribution is 2.57. The normalized spacial score (nSPS) is 27.9. The molecule has 0 aliphatic heterocycles. The van der Waals surface area contributed by atoms with Crippen LogP contribution in [0.25, 0.3) is 0 Å². The molecule has 3 fully saturated rings. The van der Waals surface area contributed by atoms with E-state index in [0.717, 1.165) is 37.0 Å². The third-order valence-electron chi connectivity index (χ3n) is 7.69. The summed E-state index contributed by atoms with van der Waals surface area (Å²) in [6.07, 6.45) is 0.859. The second-order valence-corrected chi connectivity index (χ2v) is 11.3. The molecule has 0 aromatic carbocycles. The van der Waals surface area contributed by atoms with Gasteiger partial charge in [-0.05, 0) is 76.2 Å². The number of halogens is 3. The van der Waals surface area contributed by atoms with Crippen molar-refractivity contribution in [1.29, 1.82) is 0 Å². The van der Waals surface area contributed by atoms with E-state index in [1.807, 2.05) is 0 Å². The highest BCUT2D eigenvalue weighted by atomic mass is 32.1. The molecule has 1 amide bonds. The fourth-order valence-corrected chi connectivity index (χ4v) is 6.08. The molecule has 9 heteroatoms. The first-order chi connectivity index (χ1) is 16.5. The minimum Gasteiger partial charge on any atom is -0.465 e. The summed E-state index contributed by atoms with van der Waals surface area (Å²) in [6.45, 7) is 2.17. The lowest BCUT2D eigenvalue weighted by Crippen LogP contribution is -2.47. The molecule has 1 heterocycles. The predicted octanol–water partition coefficient (Wildman–Crippen LogP) is 5.69. The van der Waals surface area contributed by atoms with Crippen molar-refractivity contribution in [3.05, 3.63) is 15.8 Å². The first-order valence-corrected chi connectivity index (χ1v) is 13.2. The third-order valence-corrected chi connectivity index (χ3v) is 8.71. The number of alkyl halides is 3. The Labute approximate surface area is 208 Å². The molecule has 192 valence electrons. The Kier molecular flexibility index (Phi) is 7.54. The number of aliphatic hydroxyl groups is 1. The summed E-state index contributed by atoms with van der Waals surface area (Å²) in [6, 6.07) is 1.37. The van der Waals surface area contributed by atoms with Crippen LogP contribution >= 0.6 is 11.3 Å². The zero-order valence-corrected chi connectivity index (χ0v) is 20.9. The van der Waals surface area contributed by atoms with Crippen molar-refractivity contribution in [2.45, 2.75) is 89.5 Å². The lowest BCUT2D eigenvalue weighted by atomic mass is 9.81. The zero-order valence-electron chi connectivity index (χ0n) is 20.1. The van der Waals surface area contributed by atoms with E-state index < -0.39 is 23.7 Å². The average molecular weight is 512 g/mol. The van der Waals surface area contributed by atoms with Gasteiger partial charge in [0.2, 0.25) is 5.91 Å². The van der Waals surface area contributed by atoms with Crippen LogP contribution in [0.15, 0.2) is 6.07 Å². The summed E-state index contributed by atoms with van der Waals surface area (Å²) in [5, 5.41) is 10.0. The largest absolute Gasteiger partial charge is 0.465 e. The molecule has 0 spiro atoms. The van der Waals surface area contributed by atoms with Crippen molar-refractivity contribution in [3.63, 3.8) is 0 Å². The lowest BCUT2D eigenvalue weighted by molar-refractivity contribution is -0.168. The molecule has 0 saturated heterocycles. The second-order valence-electron chi connectivity index (χ2n) is 10.3. The molecule has 0 bridgehead atoms. The molecule has 1 aromatic heterocycles. The maximum atomic E-state index is 13.8. The molecule has 0 atom stereocenters.